The van der Waals surface area contributed by atoms with Crippen LogP contribution >= 0.6 is 0 Å². The molecule has 0 aromatic carbocycles. The summed E-state index contributed by atoms with van der Waals surface area (Å²) in [5.74, 6) is 2.10. The molecule has 0 saturated carbocycles. The smallest absolute Gasteiger partial charge is 0.208 e. The van der Waals surface area contributed by atoms with E-state index in [-0.39, 0.29) is 0 Å². The van der Waals surface area contributed by atoms with Crippen molar-refractivity contribution >= 4 is 0 Å². The lowest BCUT2D eigenvalue weighted by molar-refractivity contribution is 0.218. The molecule has 0 radical (unpaired) electrons. The van der Waals surface area contributed by atoms with Crippen LogP contribution in [-0.2, 0) is 19.5 Å². The molecule has 5 nitrogen and oxygen atoms in total. The van der Waals surface area contributed by atoms with Gasteiger partial charge in [0.25, 0.3) is 0 Å². The van der Waals surface area contributed by atoms with Crippen LogP contribution < -0.4 is 0 Å². The number of hydrogen-bond acceptors (Lipinski definition) is 5. The molecule has 2 aromatic heterocycles. The summed E-state index contributed by atoms with van der Waals surface area (Å²) >= 11 is 0. The number of nitrogens with zero attached hydrogens (tertiary/aromatic N) is 4. The minimum absolute atomic E-state index is 0.385. The van der Waals surface area contributed by atoms with E-state index in [4.69, 9.17) is 4.42 Å². The number of rotatable bonds is 3. The highest BCUT2D eigenvalue weighted by atomic mass is 16.3. The van der Waals surface area contributed by atoms with Crippen LogP contribution in [0.25, 0.3) is 0 Å². The van der Waals surface area contributed by atoms with Crippen molar-refractivity contribution in [2.75, 3.05) is 6.54 Å². The number of oxazole rings is 1. The largest absolute Gasteiger partial charge is 0.448 e. The van der Waals surface area contributed by atoms with Crippen molar-refractivity contribution < 1.29 is 4.42 Å². The first-order valence-corrected chi connectivity index (χ1v) is 6.68. The second-order valence-electron chi connectivity index (χ2n) is 5.24. The van der Waals surface area contributed by atoms with E-state index in [9.17, 15) is 0 Å². The van der Waals surface area contributed by atoms with Crippen molar-refractivity contribution in [3.8, 4) is 0 Å². The summed E-state index contributed by atoms with van der Waals surface area (Å²) in [5, 5.41) is 0. The van der Waals surface area contributed by atoms with Gasteiger partial charge in [-0.1, -0.05) is 13.8 Å². The summed E-state index contributed by atoms with van der Waals surface area (Å²) < 4.78 is 5.29. The van der Waals surface area contributed by atoms with Crippen LogP contribution in [0.15, 0.2) is 23.1 Å². The van der Waals surface area contributed by atoms with Crippen molar-refractivity contribution in [3.05, 3.63) is 41.6 Å². The lowest BCUT2D eigenvalue weighted by Crippen LogP contribution is -2.31. The van der Waals surface area contributed by atoms with Crippen LogP contribution in [0.1, 0.15) is 42.7 Å². The van der Waals surface area contributed by atoms with Gasteiger partial charge in [0.15, 0.2) is 0 Å². The molecule has 0 amide bonds. The van der Waals surface area contributed by atoms with Crippen LogP contribution in [0, 0.1) is 0 Å². The summed E-state index contributed by atoms with van der Waals surface area (Å²) in [4.78, 5) is 15.6. The Hall–Kier alpha value is -1.75. The number of aromatic nitrogens is 3. The van der Waals surface area contributed by atoms with Gasteiger partial charge in [-0.3, -0.25) is 4.90 Å². The Morgan fingerprint density at radius 2 is 2.26 bits per heavy atom. The Bertz CT molecular complexity index is 551. The molecule has 100 valence electrons. The van der Waals surface area contributed by atoms with Crippen molar-refractivity contribution in [2.24, 2.45) is 0 Å². The first kappa shape index (κ1) is 12.3. The second-order valence-corrected chi connectivity index (χ2v) is 5.24. The maximum Gasteiger partial charge on any atom is 0.208 e. The van der Waals surface area contributed by atoms with Gasteiger partial charge in [0.2, 0.25) is 5.89 Å². The maximum absolute atomic E-state index is 5.29. The molecule has 1 aliphatic heterocycles. The molecular formula is C14H18N4O. The van der Waals surface area contributed by atoms with Gasteiger partial charge in [-0.25, -0.2) is 15.0 Å². The van der Waals surface area contributed by atoms with Crippen LogP contribution in [0.5, 0.6) is 0 Å². The van der Waals surface area contributed by atoms with Gasteiger partial charge < -0.3 is 4.42 Å². The Kier molecular flexibility index (Phi) is 3.29. The van der Waals surface area contributed by atoms with Crippen LogP contribution in [0.3, 0.4) is 0 Å². The molecule has 0 spiro atoms. The number of fused-ring (bicyclic) bond motifs is 1. The van der Waals surface area contributed by atoms with Crippen LogP contribution in [0.4, 0.5) is 0 Å². The predicted octanol–water partition coefficient (Wildman–Crippen LogP) is 2.15. The van der Waals surface area contributed by atoms with Crippen LogP contribution in [-0.4, -0.2) is 26.4 Å². The third kappa shape index (κ3) is 2.66. The molecule has 0 aliphatic carbocycles. The van der Waals surface area contributed by atoms with Crippen molar-refractivity contribution in [1.29, 1.82) is 0 Å². The molecule has 3 heterocycles. The zero-order valence-corrected chi connectivity index (χ0v) is 11.3. The van der Waals surface area contributed by atoms with E-state index in [0.717, 1.165) is 37.8 Å². The summed E-state index contributed by atoms with van der Waals surface area (Å²) in [6.07, 6.45) is 6.24. The topological polar surface area (TPSA) is 55.1 Å². The predicted molar refractivity (Wildman–Crippen MR) is 70.4 cm³/mol. The molecule has 0 N–H and O–H groups in total. The lowest BCUT2D eigenvalue weighted by atomic mass is 10.1. The first-order valence-electron chi connectivity index (χ1n) is 6.68. The molecule has 0 saturated heterocycles. The van der Waals surface area contributed by atoms with Crippen molar-refractivity contribution in [1.82, 2.24) is 19.9 Å². The highest BCUT2D eigenvalue weighted by molar-refractivity contribution is 5.21. The summed E-state index contributed by atoms with van der Waals surface area (Å²) in [6.45, 7) is 6.86. The molecule has 1 aliphatic rings. The molecule has 3 rings (SSSR count). The standard InChI is InChI=1S/C14H18N4O/c1-10(2)14-16-7-11-8-18(5-3-12(11)17-14)9-13-15-4-6-19-13/h4,6-7,10H,3,5,8-9H2,1-2H3. The summed E-state index contributed by atoms with van der Waals surface area (Å²) in [6, 6.07) is 0. The van der Waals surface area contributed by atoms with Crippen molar-refractivity contribution in [2.45, 2.75) is 39.3 Å². The van der Waals surface area contributed by atoms with E-state index in [2.05, 4.69) is 33.7 Å². The molecule has 5 heteroatoms. The second kappa shape index (κ2) is 5.09. The van der Waals surface area contributed by atoms with Gasteiger partial charge in [0, 0.05) is 42.9 Å². The summed E-state index contributed by atoms with van der Waals surface area (Å²) in [5.41, 5.74) is 2.42. The Morgan fingerprint density at radius 3 is 3.00 bits per heavy atom. The van der Waals surface area contributed by atoms with Gasteiger partial charge >= 0.3 is 0 Å². The Morgan fingerprint density at radius 1 is 1.37 bits per heavy atom. The molecular weight excluding hydrogens is 240 g/mol. The fraction of sp³-hybridized carbons (Fsp3) is 0.500. The zero-order chi connectivity index (χ0) is 13.2. The van der Waals surface area contributed by atoms with Crippen LogP contribution in [0.2, 0.25) is 0 Å². The molecule has 0 atom stereocenters. The third-order valence-corrected chi connectivity index (χ3v) is 3.39. The third-order valence-electron chi connectivity index (χ3n) is 3.39. The average molecular weight is 258 g/mol. The van der Waals surface area contributed by atoms with E-state index >= 15 is 0 Å². The van der Waals surface area contributed by atoms with Gasteiger partial charge in [-0.2, -0.15) is 0 Å². The summed E-state index contributed by atoms with van der Waals surface area (Å²) in [7, 11) is 0. The molecule has 0 bridgehead atoms. The van der Waals surface area contributed by atoms with E-state index in [1.54, 1.807) is 12.5 Å². The van der Waals surface area contributed by atoms with Gasteiger partial charge in [-0.05, 0) is 0 Å². The van der Waals surface area contributed by atoms with Gasteiger partial charge in [0.05, 0.1) is 12.7 Å². The van der Waals surface area contributed by atoms with E-state index < -0.39 is 0 Å². The maximum atomic E-state index is 5.29. The Labute approximate surface area is 112 Å². The van der Waals surface area contributed by atoms with E-state index in [1.807, 2.05) is 6.20 Å². The molecule has 2 aromatic rings. The minimum Gasteiger partial charge on any atom is -0.448 e. The Balaban J connectivity index is 1.73. The first-order chi connectivity index (χ1) is 9.22. The normalized spacial score (nSPS) is 15.7. The quantitative estimate of drug-likeness (QED) is 0.844. The highest BCUT2D eigenvalue weighted by Crippen LogP contribution is 2.20. The van der Waals surface area contributed by atoms with Crippen molar-refractivity contribution in [3.63, 3.8) is 0 Å². The zero-order valence-electron chi connectivity index (χ0n) is 11.3. The average Bonchev–Trinajstić information content (AvgIpc) is 2.91. The monoisotopic (exact) mass is 258 g/mol. The highest BCUT2D eigenvalue weighted by Gasteiger charge is 2.20. The fourth-order valence-electron chi connectivity index (χ4n) is 2.33. The van der Waals surface area contributed by atoms with Gasteiger partial charge in [0.1, 0.15) is 12.1 Å². The molecule has 0 unspecified atom stereocenters. The van der Waals surface area contributed by atoms with E-state index in [0.29, 0.717) is 5.92 Å². The lowest BCUT2D eigenvalue weighted by Gasteiger charge is -2.27. The van der Waals surface area contributed by atoms with Gasteiger partial charge in [-0.15, -0.1) is 0 Å². The minimum atomic E-state index is 0.385. The molecule has 0 fully saturated rings. The SMILES string of the molecule is CC(C)c1ncc2c(n1)CCN(Cc1ncco1)C2. The number of hydrogen-bond donors (Lipinski definition) is 0. The fourth-order valence-corrected chi connectivity index (χ4v) is 2.33. The van der Waals surface area contributed by atoms with E-state index in [1.165, 1.54) is 11.3 Å². The molecule has 19 heavy (non-hydrogen) atoms.